The molecule has 2 aromatic rings. The second-order valence-corrected chi connectivity index (χ2v) is 7.33. The molecule has 28 heavy (non-hydrogen) atoms. The number of aromatic nitrogens is 1. The molecule has 0 radical (unpaired) electrons. The number of hydrogen-bond donors (Lipinski definition) is 1. The summed E-state index contributed by atoms with van der Waals surface area (Å²) in [5.41, 5.74) is 2.70. The molecule has 0 saturated carbocycles. The number of pyridine rings is 1. The summed E-state index contributed by atoms with van der Waals surface area (Å²) in [5.74, 6) is 1.56. The van der Waals surface area contributed by atoms with Crippen LogP contribution >= 0.6 is 0 Å². The Labute approximate surface area is 166 Å². The first-order valence-electron chi connectivity index (χ1n) is 9.73. The van der Waals surface area contributed by atoms with E-state index in [9.17, 15) is 4.79 Å². The van der Waals surface area contributed by atoms with Gasteiger partial charge in [-0.3, -0.25) is 14.7 Å². The molecule has 0 aliphatic carbocycles. The van der Waals surface area contributed by atoms with Crippen LogP contribution in [0.4, 0.5) is 0 Å². The van der Waals surface area contributed by atoms with Gasteiger partial charge in [-0.25, -0.2) is 0 Å². The van der Waals surface area contributed by atoms with E-state index in [4.69, 9.17) is 9.47 Å². The zero-order valence-corrected chi connectivity index (χ0v) is 16.9. The predicted octanol–water partition coefficient (Wildman–Crippen LogP) is 3.05. The van der Waals surface area contributed by atoms with Crippen LogP contribution in [0.15, 0.2) is 36.4 Å². The number of likely N-dealkylation sites (tertiary alicyclic amines) is 1. The highest BCUT2D eigenvalue weighted by Gasteiger charge is 2.21. The normalized spacial score (nSPS) is 17.2. The maximum absolute atomic E-state index is 12.6. The van der Waals surface area contributed by atoms with Gasteiger partial charge in [0.05, 0.1) is 19.9 Å². The molecule has 1 saturated heterocycles. The van der Waals surface area contributed by atoms with Crippen LogP contribution < -0.4 is 14.8 Å². The molecule has 150 valence electrons. The summed E-state index contributed by atoms with van der Waals surface area (Å²) in [4.78, 5) is 19.6. The quantitative estimate of drug-likeness (QED) is 0.796. The van der Waals surface area contributed by atoms with E-state index in [1.54, 1.807) is 32.4 Å². The SMILES string of the molecule is COc1cc(OC)cc(C(=O)NC[C@@H]2CCCN(Cc3cccc(C)n3)C2)c1. The second-order valence-electron chi connectivity index (χ2n) is 7.33. The predicted molar refractivity (Wildman–Crippen MR) is 109 cm³/mol. The van der Waals surface area contributed by atoms with Crippen molar-refractivity contribution >= 4 is 5.91 Å². The Kier molecular flexibility index (Phi) is 6.87. The number of methoxy groups -OCH3 is 2. The van der Waals surface area contributed by atoms with Crippen molar-refractivity contribution in [1.29, 1.82) is 0 Å². The van der Waals surface area contributed by atoms with Crippen molar-refractivity contribution in [3.8, 4) is 11.5 Å². The third-order valence-corrected chi connectivity index (χ3v) is 5.10. The summed E-state index contributed by atoms with van der Waals surface area (Å²) in [6.45, 7) is 5.59. The van der Waals surface area contributed by atoms with Crippen molar-refractivity contribution in [2.45, 2.75) is 26.3 Å². The van der Waals surface area contributed by atoms with E-state index in [0.29, 0.717) is 29.5 Å². The third kappa shape index (κ3) is 5.45. The van der Waals surface area contributed by atoms with Gasteiger partial charge in [0.15, 0.2) is 0 Å². The zero-order chi connectivity index (χ0) is 19.9. The lowest BCUT2D eigenvalue weighted by Gasteiger charge is -2.32. The van der Waals surface area contributed by atoms with Crippen LogP contribution in [-0.4, -0.2) is 49.6 Å². The fraction of sp³-hybridized carbons (Fsp3) is 0.455. The lowest BCUT2D eigenvalue weighted by molar-refractivity contribution is 0.0929. The Hall–Kier alpha value is -2.60. The van der Waals surface area contributed by atoms with Gasteiger partial charge in [0.2, 0.25) is 0 Å². The molecule has 1 aliphatic rings. The third-order valence-electron chi connectivity index (χ3n) is 5.10. The van der Waals surface area contributed by atoms with Crippen LogP contribution in [0.25, 0.3) is 0 Å². The molecular formula is C22H29N3O3. The minimum atomic E-state index is -0.102. The largest absolute Gasteiger partial charge is 0.497 e. The monoisotopic (exact) mass is 383 g/mol. The first kappa shape index (κ1) is 20.1. The summed E-state index contributed by atoms with van der Waals surface area (Å²) in [6, 6.07) is 11.4. The highest BCUT2D eigenvalue weighted by molar-refractivity contribution is 5.95. The molecule has 0 unspecified atom stereocenters. The number of amides is 1. The zero-order valence-electron chi connectivity index (χ0n) is 16.9. The van der Waals surface area contributed by atoms with E-state index < -0.39 is 0 Å². The van der Waals surface area contributed by atoms with E-state index in [2.05, 4.69) is 27.3 Å². The van der Waals surface area contributed by atoms with Crippen molar-refractivity contribution < 1.29 is 14.3 Å². The first-order valence-corrected chi connectivity index (χ1v) is 9.73. The summed E-state index contributed by atoms with van der Waals surface area (Å²) in [5, 5.41) is 3.07. The molecule has 6 heteroatoms. The van der Waals surface area contributed by atoms with Crippen molar-refractivity contribution in [3.63, 3.8) is 0 Å². The summed E-state index contributed by atoms with van der Waals surface area (Å²) in [7, 11) is 3.16. The van der Waals surface area contributed by atoms with Crippen molar-refractivity contribution in [2.75, 3.05) is 33.9 Å². The van der Waals surface area contributed by atoms with Gasteiger partial charge >= 0.3 is 0 Å². The molecule has 1 fully saturated rings. The van der Waals surface area contributed by atoms with Gasteiger partial charge in [-0.2, -0.15) is 0 Å². The number of aryl methyl sites for hydroxylation is 1. The molecule has 1 atom stereocenters. The number of nitrogens with one attached hydrogen (secondary N) is 1. The van der Waals surface area contributed by atoms with E-state index in [1.165, 1.54) is 0 Å². The molecule has 0 spiro atoms. The minimum Gasteiger partial charge on any atom is -0.497 e. The molecule has 0 bridgehead atoms. The van der Waals surface area contributed by atoms with Gasteiger partial charge in [0.1, 0.15) is 11.5 Å². The van der Waals surface area contributed by atoms with Gasteiger partial charge in [0.25, 0.3) is 5.91 Å². The number of ether oxygens (including phenoxy) is 2. The number of piperidine rings is 1. The molecule has 6 nitrogen and oxygen atoms in total. The molecule has 1 aromatic carbocycles. The number of rotatable bonds is 7. The fourth-order valence-corrected chi connectivity index (χ4v) is 3.66. The van der Waals surface area contributed by atoms with Gasteiger partial charge in [0, 0.05) is 37.0 Å². The number of benzene rings is 1. The average Bonchev–Trinajstić information content (AvgIpc) is 2.72. The summed E-state index contributed by atoms with van der Waals surface area (Å²) >= 11 is 0. The molecular weight excluding hydrogens is 354 g/mol. The van der Waals surface area contributed by atoms with E-state index in [1.807, 2.05) is 13.0 Å². The number of hydrogen-bond acceptors (Lipinski definition) is 5. The summed E-state index contributed by atoms with van der Waals surface area (Å²) < 4.78 is 10.5. The maximum Gasteiger partial charge on any atom is 0.251 e. The van der Waals surface area contributed by atoms with E-state index >= 15 is 0 Å². The Morgan fingerprint density at radius 2 is 1.96 bits per heavy atom. The van der Waals surface area contributed by atoms with Crippen LogP contribution in [0.3, 0.4) is 0 Å². The van der Waals surface area contributed by atoms with Gasteiger partial charge < -0.3 is 14.8 Å². The van der Waals surface area contributed by atoms with E-state index in [-0.39, 0.29) is 5.91 Å². The Balaban J connectivity index is 1.54. The van der Waals surface area contributed by atoms with Crippen LogP contribution in [-0.2, 0) is 6.54 Å². The van der Waals surface area contributed by atoms with Gasteiger partial charge in [-0.15, -0.1) is 0 Å². The highest BCUT2D eigenvalue weighted by atomic mass is 16.5. The lowest BCUT2D eigenvalue weighted by Crippen LogP contribution is -2.40. The second kappa shape index (κ2) is 9.55. The average molecular weight is 383 g/mol. The molecule has 2 heterocycles. The number of carbonyl (C=O) groups is 1. The molecule has 3 rings (SSSR count). The van der Waals surface area contributed by atoms with Crippen LogP contribution in [0.2, 0.25) is 0 Å². The van der Waals surface area contributed by atoms with Crippen molar-refractivity contribution in [3.05, 3.63) is 53.3 Å². The molecule has 1 aliphatic heterocycles. The molecule has 1 amide bonds. The molecule has 1 aromatic heterocycles. The topological polar surface area (TPSA) is 63.7 Å². The smallest absolute Gasteiger partial charge is 0.251 e. The van der Waals surface area contributed by atoms with E-state index in [0.717, 1.165) is 43.9 Å². The lowest BCUT2D eigenvalue weighted by atomic mass is 9.97. The molecule has 1 N–H and O–H groups in total. The van der Waals surface area contributed by atoms with Gasteiger partial charge in [-0.1, -0.05) is 6.07 Å². The number of carbonyl (C=O) groups excluding carboxylic acids is 1. The standard InChI is InChI=1S/C22H29N3O3/c1-16-6-4-8-19(24-16)15-25-9-5-7-17(14-25)13-23-22(26)18-10-20(27-2)12-21(11-18)28-3/h4,6,8,10-12,17H,5,7,9,13-15H2,1-3H3,(H,23,26)/t17-/m0/s1. The van der Waals surface area contributed by atoms with Crippen LogP contribution in [0.5, 0.6) is 11.5 Å². The Morgan fingerprint density at radius 3 is 2.64 bits per heavy atom. The number of nitrogens with zero attached hydrogens (tertiary/aromatic N) is 2. The van der Waals surface area contributed by atoms with Crippen LogP contribution in [0, 0.1) is 12.8 Å². The first-order chi connectivity index (χ1) is 13.6. The van der Waals surface area contributed by atoms with Crippen LogP contribution in [0.1, 0.15) is 34.6 Å². The fourth-order valence-electron chi connectivity index (χ4n) is 3.66. The minimum absolute atomic E-state index is 0.102. The maximum atomic E-state index is 12.6. The van der Waals surface area contributed by atoms with Crippen molar-refractivity contribution in [1.82, 2.24) is 15.2 Å². The highest BCUT2D eigenvalue weighted by Crippen LogP contribution is 2.23. The van der Waals surface area contributed by atoms with Gasteiger partial charge in [-0.05, 0) is 56.5 Å². The van der Waals surface area contributed by atoms with Crippen molar-refractivity contribution in [2.24, 2.45) is 5.92 Å². The Bertz CT molecular complexity index is 787. The summed E-state index contributed by atoms with van der Waals surface area (Å²) in [6.07, 6.45) is 2.26. The Morgan fingerprint density at radius 1 is 1.21 bits per heavy atom.